The number of nitrogens with two attached hydrogens (primary N) is 1. The number of hydrogen-bond acceptors (Lipinski definition) is 3. The summed E-state index contributed by atoms with van der Waals surface area (Å²) in [5.41, 5.74) is 5.40. The number of hydrogen-bond donors (Lipinski definition) is 1. The van der Waals surface area contributed by atoms with Crippen LogP contribution in [0, 0.1) is 0 Å². The molecule has 0 fully saturated rings. The Morgan fingerprint density at radius 1 is 1.33 bits per heavy atom. The first-order valence-corrected chi connectivity index (χ1v) is 4.67. The molecular formula is C9H22N2O. The maximum Gasteiger partial charge on any atom is 0.0596 e. The van der Waals surface area contributed by atoms with Crippen molar-refractivity contribution in [3.05, 3.63) is 0 Å². The van der Waals surface area contributed by atoms with Gasteiger partial charge in [0.25, 0.3) is 0 Å². The van der Waals surface area contributed by atoms with Crippen LogP contribution in [-0.4, -0.2) is 44.3 Å². The first kappa shape index (κ1) is 11.9. The van der Waals surface area contributed by atoms with E-state index in [1.165, 1.54) is 0 Å². The van der Waals surface area contributed by atoms with Crippen LogP contribution < -0.4 is 5.73 Å². The smallest absolute Gasteiger partial charge is 0.0596 e. The molecule has 0 saturated carbocycles. The summed E-state index contributed by atoms with van der Waals surface area (Å²) >= 11 is 0. The molecule has 0 rings (SSSR count). The summed E-state index contributed by atoms with van der Waals surface area (Å²) in [5, 5.41) is 0. The zero-order valence-electron chi connectivity index (χ0n) is 8.55. The highest BCUT2D eigenvalue weighted by Gasteiger charge is 1.98. The van der Waals surface area contributed by atoms with Crippen molar-refractivity contribution in [1.29, 1.82) is 0 Å². The summed E-state index contributed by atoms with van der Waals surface area (Å²) in [7, 11) is 2.10. The van der Waals surface area contributed by atoms with Gasteiger partial charge < -0.3 is 15.4 Å². The molecule has 0 aromatic rings. The molecule has 0 spiro atoms. The van der Waals surface area contributed by atoms with Gasteiger partial charge in [0.2, 0.25) is 0 Å². The largest absolute Gasteiger partial charge is 0.377 e. The van der Waals surface area contributed by atoms with Gasteiger partial charge in [0.15, 0.2) is 0 Å². The standard InChI is InChI=1S/C9H22N2O/c1-9(2)12-8-7-11(3)6-4-5-10/h9H,4-8,10H2,1-3H3. The molecule has 0 atom stereocenters. The second-order valence-corrected chi connectivity index (χ2v) is 3.37. The Bertz CT molecular complexity index is 96.5. The van der Waals surface area contributed by atoms with Crippen molar-refractivity contribution < 1.29 is 4.74 Å². The van der Waals surface area contributed by atoms with Gasteiger partial charge in [-0.1, -0.05) is 0 Å². The van der Waals surface area contributed by atoms with E-state index in [1.54, 1.807) is 0 Å². The summed E-state index contributed by atoms with van der Waals surface area (Å²) in [5.74, 6) is 0. The van der Waals surface area contributed by atoms with E-state index in [4.69, 9.17) is 10.5 Å². The van der Waals surface area contributed by atoms with Crippen molar-refractivity contribution in [2.24, 2.45) is 5.73 Å². The van der Waals surface area contributed by atoms with Crippen LogP contribution in [0.1, 0.15) is 20.3 Å². The molecule has 3 nitrogen and oxygen atoms in total. The van der Waals surface area contributed by atoms with E-state index in [2.05, 4.69) is 25.8 Å². The molecule has 0 aliphatic carbocycles. The van der Waals surface area contributed by atoms with Gasteiger partial charge in [0.1, 0.15) is 0 Å². The van der Waals surface area contributed by atoms with E-state index in [1.807, 2.05) is 0 Å². The number of ether oxygens (including phenoxy) is 1. The van der Waals surface area contributed by atoms with E-state index in [0.717, 1.165) is 32.7 Å². The summed E-state index contributed by atoms with van der Waals surface area (Å²) in [4.78, 5) is 2.25. The van der Waals surface area contributed by atoms with Gasteiger partial charge in [-0.25, -0.2) is 0 Å². The van der Waals surface area contributed by atoms with Crippen LogP contribution in [0.25, 0.3) is 0 Å². The zero-order chi connectivity index (χ0) is 9.40. The molecule has 0 amide bonds. The van der Waals surface area contributed by atoms with Crippen LogP contribution in [0.15, 0.2) is 0 Å². The van der Waals surface area contributed by atoms with E-state index >= 15 is 0 Å². The Kier molecular flexibility index (Phi) is 7.45. The third kappa shape index (κ3) is 7.98. The lowest BCUT2D eigenvalue weighted by atomic mass is 10.4. The van der Waals surface area contributed by atoms with Crippen LogP contribution in [0.3, 0.4) is 0 Å². The van der Waals surface area contributed by atoms with Crippen molar-refractivity contribution >= 4 is 0 Å². The Morgan fingerprint density at radius 3 is 2.50 bits per heavy atom. The van der Waals surface area contributed by atoms with E-state index in [9.17, 15) is 0 Å². The fraction of sp³-hybridized carbons (Fsp3) is 1.00. The van der Waals surface area contributed by atoms with Gasteiger partial charge in [-0.3, -0.25) is 0 Å². The predicted octanol–water partition coefficient (Wildman–Crippen LogP) is 0.692. The Hall–Kier alpha value is -0.120. The van der Waals surface area contributed by atoms with Crippen molar-refractivity contribution in [3.8, 4) is 0 Å². The lowest BCUT2D eigenvalue weighted by Gasteiger charge is -2.16. The Balaban J connectivity index is 3.13. The van der Waals surface area contributed by atoms with Crippen molar-refractivity contribution in [2.75, 3.05) is 33.3 Å². The fourth-order valence-electron chi connectivity index (χ4n) is 0.917. The molecule has 0 saturated heterocycles. The van der Waals surface area contributed by atoms with E-state index in [-0.39, 0.29) is 0 Å². The van der Waals surface area contributed by atoms with Gasteiger partial charge in [0, 0.05) is 6.54 Å². The Morgan fingerprint density at radius 2 is 2.00 bits per heavy atom. The number of rotatable bonds is 7. The van der Waals surface area contributed by atoms with Gasteiger partial charge in [-0.05, 0) is 40.4 Å². The third-order valence-corrected chi connectivity index (χ3v) is 1.67. The maximum atomic E-state index is 5.42. The highest BCUT2D eigenvalue weighted by Crippen LogP contribution is 1.90. The molecule has 12 heavy (non-hydrogen) atoms. The topological polar surface area (TPSA) is 38.5 Å². The average molecular weight is 174 g/mol. The molecule has 0 radical (unpaired) electrons. The molecule has 0 bridgehead atoms. The molecule has 0 aliphatic heterocycles. The summed E-state index contributed by atoms with van der Waals surface area (Å²) in [6, 6.07) is 0. The van der Waals surface area contributed by atoms with Crippen molar-refractivity contribution in [2.45, 2.75) is 26.4 Å². The molecule has 0 heterocycles. The van der Waals surface area contributed by atoms with E-state index < -0.39 is 0 Å². The van der Waals surface area contributed by atoms with Crippen molar-refractivity contribution in [1.82, 2.24) is 4.90 Å². The molecular weight excluding hydrogens is 152 g/mol. The summed E-state index contributed by atoms with van der Waals surface area (Å²) in [6.45, 7) is 7.77. The molecule has 74 valence electrons. The van der Waals surface area contributed by atoms with Crippen molar-refractivity contribution in [3.63, 3.8) is 0 Å². The van der Waals surface area contributed by atoms with Gasteiger partial charge >= 0.3 is 0 Å². The second kappa shape index (κ2) is 7.53. The molecule has 2 N–H and O–H groups in total. The molecule has 3 heteroatoms. The quantitative estimate of drug-likeness (QED) is 0.617. The minimum absolute atomic E-state index is 0.341. The molecule has 0 aliphatic rings. The molecule has 0 aromatic carbocycles. The first-order valence-electron chi connectivity index (χ1n) is 4.67. The number of nitrogens with zero attached hydrogens (tertiary/aromatic N) is 1. The highest BCUT2D eigenvalue weighted by molar-refractivity contribution is 4.51. The molecule has 0 aromatic heterocycles. The molecule has 0 unspecified atom stereocenters. The number of likely N-dealkylation sites (N-methyl/N-ethyl adjacent to an activating group) is 1. The first-order chi connectivity index (χ1) is 5.66. The second-order valence-electron chi connectivity index (χ2n) is 3.37. The predicted molar refractivity (Wildman–Crippen MR) is 52.3 cm³/mol. The minimum Gasteiger partial charge on any atom is -0.377 e. The van der Waals surface area contributed by atoms with Crippen LogP contribution in [-0.2, 0) is 4.74 Å². The summed E-state index contributed by atoms with van der Waals surface area (Å²) < 4.78 is 5.42. The van der Waals surface area contributed by atoms with Crippen LogP contribution >= 0.6 is 0 Å². The van der Waals surface area contributed by atoms with Gasteiger partial charge in [-0.15, -0.1) is 0 Å². The summed E-state index contributed by atoms with van der Waals surface area (Å²) in [6.07, 6.45) is 1.41. The maximum absolute atomic E-state index is 5.42. The minimum atomic E-state index is 0.341. The normalized spacial score (nSPS) is 11.5. The average Bonchev–Trinajstić information content (AvgIpc) is 2.00. The fourth-order valence-corrected chi connectivity index (χ4v) is 0.917. The van der Waals surface area contributed by atoms with Crippen LogP contribution in [0.4, 0.5) is 0 Å². The van der Waals surface area contributed by atoms with Gasteiger partial charge in [-0.2, -0.15) is 0 Å². The monoisotopic (exact) mass is 174 g/mol. The van der Waals surface area contributed by atoms with Gasteiger partial charge in [0.05, 0.1) is 12.7 Å². The lowest BCUT2D eigenvalue weighted by molar-refractivity contribution is 0.0638. The lowest BCUT2D eigenvalue weighted by Crippen LogP contribution is -2.26. The Labute approximate surface area is 75.9 Å². The zero-order valence-corrected chi connectivity index (χ0v) is 8.55. The van der Waals surface area contributed by atoms with Crippen LogP contribution in [0.5, 0.6) is 0 Å². The third-order valence-electron chi connectivity index (χ3n) is 1.67. The van der Waals surface area contributed by atoms with Crippen LogP contribution in [0.2, 0.25) is 0 Å². The SMILES string of the molecule is CC(C)OCCN(C)CCCN. The highest BCUT2D eigenvalue weighted by atomic mass is 16.5. The van der Waals surface area contributed by atoms with E-state index in [0.29, 0.717) is 6.10 Å².